The van der Waals surface area contributed by atoms with Gasteiger partial charge in [0.2, 0.25) is 0 Å². The van der Waals surface area contributed by atoms with Crippen LogP contribution in [0.1, 0.15) is 13.8 Å². The predicted molar refractivity (Wildman–Crippen MR) is 96.4 cm³/mol. The van der Waals surface area contributed by atoms with Crippen LogP contribution in [0.15, 0.2) is 30.3 Å². The summed E-state index contributed by atoms with van der Waals surface area (Å²) in [6.45, 7) is 3.55. The molecule has 0 radical (unpaired) electrons. The van der Waals surface area contributed by atoms with Gasteiger partial charge in [0.05, 0.1) is 7.05 Å². The van der Waals surface area contributed by atoms with Crippen LogP contribution in [-0.2, 0) is 19.1 Å². The highest BCUT2D eigenvalue weighted by atomic mass is 35.5. The van der Waals surface area contributed by atoms with Gasteiger partial charge in [-0.25, -0.2) is 9.59 Å². The normalized spacial score (nSPS) is 39.1. The number of amides is 2. The van der Waals surface area contributed by atoms with Crippen LogP contribution in [0.2, 0.25) is 0 Å². The number of rotatable bonds is 4. The molecule has 3 aliphatic rings. The molecule has 0 saturated carbocycles. The molecule has 5 atom stereocenters. The molecule has 0 aromatic heterocycles. The summed E-state index contributed by atoms with van der Waals surface area (Å²) in [5, 5.41) is 7.39. The molecule has 1 aromatic rings. The van der Waals surface area contributed by atoms with Crippen molar-refractivity contribution in [3.05, 3.63) is 30.3 Å². The molecule has 138 valence electrons. The van der Waals surface area contributed by atoms with Crippen LogP contribution in [0.3, 0.4) is 0 Å². The first kappa shape index (κ1) is 17.8. The Morgan fingerprint density at radius 1 is 1.38 bits per heavy atom. The zero-order valence-corrected chi connectivity index (χ0v) is 16.0. The number of aliphatic carboxylic acids is 1. The zero-order chi connectivity index (χ0) is 19.1. The van der Waals surface area contributed by atoms with E-state index in [0.717, 1.165) is 0 Å². The Morgan fingerprint density at radius 2 is 2.00 bits per heavy atom. The van der Waals surface area contributed by atoms with Gasteiger partial charge < -0.3 is 10.0 Å². The molecule has 4 rings (SSSR count). The molecule has 1 N–H and O–H groups in total. The van der Waals surface area contributed by atoms with Crippen molar-refractivity contribution in [3.63, 3.8) is 0 Å². The number of para-hydroxylation sites is 1. The molecule has 2 amide bonds. The number of thioether (sulfide) groups is 1. The van der Waals surface area contributed by atoms with Gasteiger partial charge in [-0.05, 0) is 37.6 Å². The number of carboxylic acids is 1. The number of epoxide rings is 1. The molecule has 3 fully saturated rings. The molecule has 0 bridgehead atoms. The number of hydrogen-bond donors (Lipinski definition) is 1. The van der Waals surface area contributed by atoms with Crippen molar-refractivity contribution in [1.82, 2.24) is 9.38 Å². The summed E-state index contributed by atoms with van der Waals surface area (Å²) in [6.07, 6.45) is 0.645. The molecule has 0 aliphatic carbocycles. The number of likely N-dealkylation sites (N-methyl/N-ethyl adjacent to an activating group) is 1. The van der Waals surface area contributed by atoms with Crippen LogP contribution in [0.25, 0.3) is 0 Å². The number of carboxylic acid groups (broad SMARTS) is 1. The number of carbonyl (C=O) groups excluding carboxylic acids is 2. The van der Waals surface area contributed by atoms with E-state index >= 15 is 0 Å². The molecule has 3 saturated heterocycles. The third-order valence-corrected chi connectivity index (χ3v) is 7.87. The van der Waals surface area contributed by atoms with E-state index in [-0.39, 0.29) is 0 Å². The maximum Gasteiger partial charge on any atom is 0.338 e. The summed E-state index contributed by atoms with van der Waals surface area (Å²) in [4.78, 5) is 38.0. The van der Waals surface area contributed by atoms with Gasteiger partial charge in [0.25, 0.3) is 11.5 Å². The van der Waals surface area contributed by atoms with Crippen molar-refractivity contribution >= 4 is 47.3 Å². The second kappa shape index (κ2) is 5.01. The summed E-state index contributed by atoms with van der Waals surface area (Å²) >= 11 is 8.08. The summed E-state index contributed by atoms with van der Waals surface area (Å²) in [5.74, 6) is -1.55. The Hall–Kier alpha value is -1.61. The highest BCUT2D eigenvalue weighted by Crippen LogP contribution is 2.71. The zero-order valence-electron chi connectivity index (χ0n) is 14.4. The van der Waals surface area contributed by atoms with E-state index in [1.807, 2.05) is 6.07 Å². The lowest BCUT2D eigenvalue weighted by atomic mass is 9.90. The van der Waals surface area contributed by atoms with E-state index in [1.54, 1.807) is 45.2 Å². The van der Waals surface area contributed by atoms with Crippen molar-refractivity contribution in [1.29, 1.82) is 0 Å². The van der Waals surface area contributed by atoms with Crippen LogP contribution in [0.5, 0.6) is 0 Å². The van der Waals surface area contributed by atoms with Crippen molar-refractivity contribution in [2.45, 2.75) is 40.8 Å². The van der Waals surface area contributed by atoms with Crippen molar-refractivity contribution < 1.29 is 24.2 Å². The Kier molecular flexibility index (Phi) is 3.43. The van der Waals surface area contributed by atoms with Crippen molar-refractivity contribution in [3.8, 4) is 0 Å². The van der Waals surface area contributed by atoms with Crippen molar-refractivity contribution in [2.24, 2.45) is 0 Å². The summed E-state index contributed by atoms with van der Waals surface area (Å²) in [5.41, 5.74) is -0.829. The van der Waals surface area contributed by atoms with Gasteiger partial charge in [0.1, 0.15) is 17.1 Å². The molecule has 3 aliphatic heterocycles. The number of alkyl halides is 1. The molecule has 9 heteroatoms. The fourth-order valence-electron chi connectivity index (χ4n) is 4.07. The third kappa shape index (κ3) is 1.76. The smallest absolute Gasteiger partial charge is 0.338 e. The van der Waals surface area contributed by atoms with E-state index in [0.29, 0.717) is 12.1 Å². The SMILES string of the molecule is CC1(C)S[C@H]2N(C(=O)[C@]23OC3(Cl)[N+](C)(C=O)c2ccccc2)[C@H]1C(=O)O. The molecular formula is C17H18ClN2O5S+. The van der Waals surface area contributed by atoms with E-state index in [2.05, 4.69) is 0 Å². The fourth-order valence-corrected chi connectivity index (χ4v) is 6.30. The van der Waals surface area contributed by atoms with Gasteiger partial charge in [0, 0.05) is 4.75 Å². The van der Waals surface area contributed by atoms with Crippen LogP contribution >= 0.6 is 23.4 Å². The number of quaternary nitrogens is 1. The van der Waals surface area contributed by atoms with E-state index in [1.165, 1.54) is 16.7 Å². The quantitative estimate of drug-likeness (QED) is 0.207. The Bertz CT molecular complexity index is 836. The molecular weight excluding hydrogens is 380 g/mol. The highest BCUT2D eigenvalue weighted by molar-refractivity contribution is 8.01. The number of ether oxygens (including phenoxy) is 1. The summed E-state index contributed by atoms with van der Waals surface area (Å²) in [7, 11) is 1.58. The molecule has 26 heavy (non-hydrogen) atoms. The number of nitrogens with zero attached hydrogens (tertiary/aromatic N) is 2. The van der Waals surface area contributed by atoms with Gasteiger partial charge in [-0.15, -0.1) is 11.8 Å². The second-order valence-corrected chi connectivity index (χ2v) is 9.69. The molecule has 2 unspecified atom stereocenters. The number of hydrogen-bond acceptors (Lipinski definition) is 5. The Balaban J connectivity index is 1.75. The Labute approximate surface area is 159 Å². The van der Waals surface area contributed by atoms with Crippen LogP contribution in [-0.4, -0.2) is 62.3 Å². The number of benzene rings is 1. The Morgan fingerprint density at radius 3 is 2.54 bits per heavy atom. The topological polar surface area (TPSA) is 87.2 Å². The number of halogens is 1. The first-order chi connectivity index (χ1) is 12.1. The highest BCUT2D eigenvalue weighted by Gasteiger charge is 2.97. The number of carbonyl (C=O) groups is 3. The largest absolute Gasteiger partial charge is 0.480 e. The number of β-lactam (4-membered cyclic amide) rings is 1. The van der Waals surface area contributed by atoms with Crippen LogP contribution in [0.4, 0.5) is 5.69 Å². The predicted octanol–water partition coefficient (Wildman–Crippen LogP) is 1.59. The lowest BCUT2D eigenvalue weighted by molar-refractivity contribution is -0.165. The number of fused-ring (bicyclic) bond motifs is 2. The average Bonchev–Trinajstić information content (AvgIpc) is 3.19. The van der Waals surface area contributed by atoms with Gasteiger partial charge in [-0.3, -0.25) is 9.53 Å². The lowest BCUT2D eigenvalue weighted by Crippen LogP contribution is -2.73. The minimum absolute atomic E-state index is 0.440. The van der Waals surface area contributed by atoms with Crippen LogP contribution < -0.4 is 4.48 Å². The minimum atomic E-state index is -1.61. The van der Waals surface area contributed by atoms with E-state index < -0.39 is 43.3 Å². The monoisotopic (exact) mass is 397 g/mol. The van der Waals surface area contributed by atoms with E-state index in [9.17, 15) is 19.5 Å². The van der Waals surface area contributed by atoms with Gasteiger partial charge in [-0.2, -0.15) is 4.48 Å². The minimum Gasteiger partial charge on any atom is -0.480 e. The third-order valence-electron chi connectivity index (χ3n) is 5.55. The van der Waals surface area contributed by atoms with E-state index in [4.69, 9.17) is 16.3 Å². The van der Waals surface area contributed by atoms with Crippen LogP contribution in [0, 0.1) is 0 Å². The maximum absolute atomic E-state index is 13.0. The maximum atomic E-state index is 13.0. The molecule has 7 nitrogen and oxygen atoms in total. The van der Waals surface area contributed by atoms with Gasteiger partial charge in [0.15, 0.2) is 0 Å². The van der Waals surface area contributed by atoms with Crippen molar-refractivity contribution in [2.75, 3.05) is 7.05 Å². The molecule has 1 spiro atoms. The molecule has 1 aromatic carbocycles. The van der Waals surface area contributed by atoms with Gasteiger partial charge >= 0.3 is 17.6 Å². The standard InChI is InChI=1S/C17H17ClN2O5S/c1-15(2)11(12(22)23)19-13(24)16(14(19)26-15)17(18,25-16)20(3,9-21)10-7-5-4-6-8-10/h4-9,11,14H,1-3H3/p+1/t11-,14+,16-,17?,20?/m0/s1. The second-order valence-electron chi connectivity index (χ2n) is 7.44. The first-order valence-electron chi connectivity index (χ1n) is 8.07. The fraction of sp³-hybridized carbons (Fsp3) is 0.471. The first-order valence-corrected chi connectivity index (χ1v) is 9.33. The lowest BCUT2D eigenvalue weighted by Gasteiger charge is -2.43. The molecule has 3 heterocycles. The van der Waals surface area contributed by atoms with Gasteiger partial charge in [-0.1, -0.05) is 18.2 Å². The average molecular weight is 398 g/mol. The summed E-state index contributed by atoms with van der Waals surface area (Å²) < 4.78 is 4.65. The summed E-state index contributed by atoms with van der Waals surface area (Å²) in [6, 6.07) is 7.86.